The zero-order valence-corrected chi connectivity index (χ0v) is 10.9. The zero-order valence-electron chi connectivity index (χ0n) is 8.76. The number of rotatable bonds is 2. The second-order valence-corrected chi connectivity index (χ2v) is 4.95. The summed E-state index contributed by atoms with van der Waals surface area (Å²) in [5.74, 6) is 0. The first-order valence-corrected chi connectivity index (χ1v) is 5.92. The Bertz CT molecular complexity index is 468. The summed E-state index contributed by atoms with van der Waals surface area (Å²) in [7, 11) is 0. The highest BCUT2D eigenvalue weighted by Gasteiger charge is 2.25. The van der Waals surface area contributed by atoms with Crippen LogP contribution in [0.25, 0.3) is 0 Å². The fraction of sp³-hybridized carbons (Fsp3) is 0.167. The van der Waals surface area contributed by atoms with Crippen LogP contribution < -0.4 is 0 Å². The molecule has 1 heterocycles. The van der Waals surface area contributed by atoms with Crippen molar-refractivity contribution in [2.75, 3.05) is 0 Å². The molecule has 0 fully saturated rings. The Hall–Kier alpha value is -1.01. The molecule has 82 valence electrons. The SMILES string of the molecule is CC(O)(c1ccc(I)cc1)c1cncnc1. The van der Waals surface area contributed by atoms with Crippen LogP contribution in [0.5, 0.6) is 0 Å². The van der Waals surface area contributed by atoms with Crippen molar-refractivity contribution >= 4 is 22.6 Å². The number of aromatic nitrogens is 2. The highest BCUT2D eigenvalue weighted by atomic mass is 127. The normalized spacial score (nSPS) is 14.4. The van der Waals surface area contributed by atoms with Crippen molar-refractivity contribution in [2.24, 2.45) is 0 Å². The Balaban J connectivity index is 2.43. The molecule has 1 aromatic carbocycles. The smallest absolute Gasteiger partial charge is 0.115 e. The summed E-state index contributed by atoms with van der Waals surface area (Å²) in [6.07, 6.45) is 4.71. The summed E-state index contributed by atoms with van der Waals surface area (Å²) in [5.41, 5.74) is 0.477. The molecule has 2 aromatic rings. The molecule has 1 N–H and O–H groups in total. The molecule has 0 amide bonds. The highest BCUT2D eigenvalue weighted by Crippen LogP contribution is 2.28. The largest absolute Gasteiger partial charge is 0.381 e. The third kappa shape index (κ3) is 2.22. The number of nitrogens with zero attached hydrogens (tertiary/aromatic N) is 2. The van der Waals surface area contributed by atoms with Gasteiger partial charge in [-0.15, -0.1) is 0 Å². The molecule has 0 aliphatic carbocycles. The predicted octanol–water partition coefficient (Wildman–Crippen LogP) is 2.34. The molecule has 0 saturated heterocycles. The Morgan fingerprint density at radius 3 is 2.19 bits per heavy atom. The van der Waals surface area contributed by atoms with Crippen LogP contribution in [0.3, 0.4) is 0 Å². The van der Waals surface area contributed by atoms with Crippen LogP contribution in [0.4, 0.5) is 0 Å². The van der Waals surface area contributed by atoms with Gasteiger partial charge in [0.15, 0.2) is 0 Å². The van der Waals surface area contributed by atoms with E-state index in [2.05, 4.69) is 32.6 Å². The molecule has 0 radical (unpaired) electrons. The molecule has 0 aliphatic rings. The second-order valence-electron chi connectivity index (χ2n) is 3.71. The van der Waals surface area contributed by atoms with E-state index in [1.54, 1.807) is 19.3 Å². The van der Waals surface area contributed by atoms with E-state index < -0.39 is 5.60 Å². The average molecular weight is 326 g/mol. The van der Waals surface area contributed by atoms with Crippen molar-refractivity contribution in [1.29, 1.82) is 0 Å². The predicted molar refractivity (Wildman–Crippen MR) is 69.9 cm³/mol. The number of benzene rings is 1. The van der Waals surface area contributed by atoms with Gasteiger partial charge in [0.05, 0.1) is 0 Å². The second kappa shape index (κ2) is 4.47. The van der Waals surface area contributed by atoms with Crippen LogP contribution in [0.2, 0.25) is 0 Å². The van der Waals surface area contributed by atoms with E-state index in [1.807, 2.05) is 24.3 Å². The summed E-state index contributed by atoms with van der Waals surface area (Å²) in [4.78, 5) is 7.84. The van der Waals surface area contributed by atoms with Crippen molar-refractivity contribution in [3.05, 3.63) is 57.7 Å². The van der Waals surface area contributed by atoms with Crippen LogP contribution in [0.1, 0.15) is 18.1 Å². The Morgan fingerprint density at radius 2 is 1.62 bits per heavy atom. The van der Waals surface area contributed by atoms with Gasteiger partial charge < -0.3 is 5.11 Å². The van der Waals surface area contributed by atoms with Crippen molar-refractivity contribution in [3.8, 4) is 0 Å². The monoisotopic (exact) mass is 326 g/mol. The maximum Gasteiger partial charge on any atom is 0.115 e. The summed E-state index contributed by atoms with van der Waals surface area (Å²) in [5, 5.41) is 10.5. The zero-order chi connectivity index (χ0) is 11.6. The molecular formula is C12H11IN2O. The maximum atomic E-state index is 10.5. The van der Waals surface area contributed by atoms with E-state index in [9.17, 15) is 5.11 Å². The van der Waals surface area contributed by atoms with Crippen molar-refractivity contribution in [2.45, 2.75) is 12.5 Å². The summed E-state index contributed by atoms with van der Waals surface area (Å²) < 4.78 is 1.14. The molecule has 0 spiro atoms. The molecule has 0 aliphatic heterocycles. The van der Waals surface area contributed by atoms with Gasteiger partial charge >= 0.3 is 0 Å². The lowest BCUT2D eigenvalue weighted by atomic mass is 9.90. The lowest BCUT2D eigenvalue weighted by molar-refractivity contribution is 0.101. The summed E-state index contributed by atoms with van der Waals surface area (Å²) in [6, 6.07) is 7.76. The summed E-state index contributed by atoms with van der Waals surface area (Å²) in [6.45, 7) is 1.74. The van der Waals surface area contributed by atoms with Crippen LogP contribution in [0.15, 0.2) is 43.0 Å². The van der Waals surface area contributed by atoms with Gasteiger partial charge in [-0.05, 0) is 47.2 Å². The van der Waals surface area contributed by atoms with Crippen LogP contribution in [-0.4, -0.2) is 15.1 Å². The van der Waals surface area contributed by atoms with Crippen LogP contribution in [0, 0.1) is 3.57 Å². The van der Waals surface area contributed by atoms with Gasteiger partial charge in [-0.1, -0.05) is 12.1 Å². The van der Waals surface area contributed by atoms with Crippen molar-refractivity contribution in [3.63, 3.8) is 0 Å². The minimum atomic E-state index is -1.05. The minimum Gasteiger partial charge on any atom is -0.381 e. The Morgan fingerprint density at radius 1 is 1.06 bits per heavy atom. The third-order valence-corrected chi connectivity index (χ3v) is 3.25. The standard InChI is InChI=1S/C12H11IN2O/c1-12(16,10-6-14-8-15-7-10)9-2-4-11(13)5-3-9/h2-8,16H,1H3. The van der Waals surface area contributed by atoms with Gasteiger partial charge in [0, 0.05) is 21.5 Å². The first-order valence-electron chi connectivity index (χ1n) is 4.84. The van der Waals surface area contributed by atoms with Gasteiger partial charge in [-0.2, -0.15) is 0 Å². The first-order chi connectivity index (χ1) is 7.60. The average Bonchev–Trinajstić information content (AvgIpc) is 2.31. The number of halogens is 1. The van der Waals surface area contributed by atoms with Gasteiger partial charge in [-0.25, -0.2) is 9.97 Å². The Kier molecular flexibility index (Phi) is 3.20. The van der Waals surface area contributed by atoms with E-state index in [4.69, 9.17) is 0 Å². The van der Waals surface area contributed by atoms with E-state index in [0.717, 1.165) is 9.13 Å². The number of hydrogen-bond acceptors (Lipinski definition) is 3. The van der Waals surface area contributed by atoms with Gasteiger partial charge in [0.2, 0.25) is 0 Å². The van der Waals surface area contributed by atoms with Crippen molar-refractivity contribution in [1.82, 2.24) is 9.97 Å². The molecular weight excluding hydrogens is 315 g/mol. The lowest BCUT2D eigenvalue weighted by Crippen LogP contribution is -2.23. The van der Waals surface area contributed by atoms with Crippen LogP contribution >= 0.6 is 22.6 Å². The van der Waals surface area contributed by atoms with E-state index in [0.29, 0.717) is 5.56 Å². The first kappa shape index (κ1) is 11.5. The molecule has 1 unspecified atom stereocenters. The third-order valence-electron chi connectivity index (χ3n) is 2.53. The molecule has 3 nitrogen and oxygen atoms in total. The molecule has 1 aromatic heterocycles. The van der Waals surface area contributed by atoms with Crippen molar-refractivity contribution < 1.29 is 5.11 Å². The van der Waals surface area contributed by atoms with E-state index in [1.165, 1.54) is 6.33 Å². The topological polar surface area (TPSA) is 46.0 Å². The molecule has 16 heavy (non-hydrogen) atoms. The van der Waals surface area contributed by atoms with Crippen LogP contribution in [-0.2, 0) is 5.60 Å². The molecule has 1 atom stereocenters. The van der Waals surface area contributed by atoms with Gasteiger partial charge in [0.1, 0.15) is 11.9 Å². The van der Waals surface area contributed by atoms with E-state index >= 15 is 0 Å². The lowest BCUT2D eigenvalue weighted by Gasteiger charge is -2.23. The molecule has 0 saturated carbocycles. The molecule has 4 heteroatoms. The Labute approximate surface area is 108 Å². The highest BCUT2D eigenvalue weighted by molar-refractivity contribution is 14.1. The quantitative estimate of drug-likeness (QED) is 0.862. The number of aliphatic hydroxyl groups is 1. The van der Waals surface area contributed by atoms with Gasteiger partial charge in [0.25, 0.3) is 0 Å². The molecule has 2 rings (SSSR count). The maximum absolute atomic E-state index is 10.5. The van der Waals surface area contributed by atoms with E-state index in [-0.39, 0.29) is 0 Å². The van der Waals surface area contributed by atoms with Gasteiger partial charge in [-0.3, -0.25) is 0 Å². The number of hydrogen-bond donors (Lipinski definition) is 1. The minimum absolute atomic E-state index is 0.691. The fourth-order valence-electron chi connectivity index (χ4n) is 1.49. The summed E-state index contributed by atoms with van der Waals surface area (Å²) >= 11 is 2.23. The molecule has 0 bridgehead atoms. The fourth-order valence-corrected chi connectivity index (χ4v) is 1.85.